The Morgan fingerprint density at radius 1 is 1.27 bits per heavy atom. The molecule has 2 aromatic rings. The van der Waals surface area contributed by atoms with E-state index in [9.17, 15) is 4.39 Å². The number of hydrogen-bond acceptors (Lipinski definition) is 3. The zero-order chi connectivity index (χ0) is 11.4. The molecule has 0 aliphatic carbocycles. The molecule has 0 fully saturated rings. The Morgan fingerprint density at radius 2 is 1.93 bits per heavy atom. The van der Waals surface area contributed by atoms with Crippen LogP contribution in [0.15, 0.2) is 24.4 Å². The smallest absolute Gasteiger partial charge is 0.132 e. The minimum atomic E-state index is -0.304. The van der Waals surface area contributed by atoms with Gasteiger partial charge in [0.2, 0.25) is 0 Å². The van der Waals surface area contributed by atoms with Crippen LogP contribution in [-0.2, 0) is 0 Å². The van der Waals surface area contributed by atoms with Gasteiger partial charge in [0.1, 0.15) is 11.7 Å². The van der Waals surface area contributed by atoms with E-state index in [0.717, 1.165) is 0 Å². The number of nitrogens with two attached hydrogens (primary N) is 3. The second kappa shape index (κ2) is 4.54. The van der Waals surface area contributed by atoms with Crippen LogP contribution in [0, 0.1) is 11.2 Å². The molecule has 0 spiro atoms. The predicted molar refractivity (Wildman–Crippen MR) is 57.6 cm³/mol. The van der Waals surface area contributed by atoms with Crippen molar-refractivity contribution in [2.24, 2.45) is 17.4 Å². The first-order valence-corrected chi connectivity index (χ1v) is 4.13. The van der Waals surface area contributed by atoms with Gasteiger partial charge in [-0.1, -0.05) is 0 Å². The van der Waals surface area contributed by atoms with Crippen LogP contribution in [0.3, 0.4) is 0 Å². The van der Waals surface area contributed by atoms with Gasteiger partial charge < -0.3 is 10.7 Å². The number of H-pyrrole nitrogens is 1. The van der Waals surface area contributed by atoms with Crippen LogP contribution in [0.5, 0.6) is 0 Å². The molecular formula is C9H12FN5. The van der Waals surface area contributed by atoms with E-state index in [4.69, 9.17) is 11.1 Å². The molecule has 80 valence electrons. The number of nitrogen functional groups attached to an aromatic ring is 1. The van der Waals surface area contributed by atoms with E-state index >= 15 is 0 Å². The normalized spacial score (nSPS) is 9.53. The number of rotatable bonds is 1. The van der Waals surface area contributed by atoms with E-state index in [-0.39, 0.29) is 11.7 Å². The van der Waals surface area contributed by atoms with Crippen molar-refractivity contribution in [3.8, 4) is 0 Å². The molecule has 5 nitrogen and oxygen atoms in total. The SMILES string of the molecule is N=C(N)c1ccc(F)c2cc[nH]c12.NN. The van der Waals surface area contributed by atoms with Gasteiger partial charge >= 0.3 is 0 Å². The first-order valence-electron chi connectivity index (χ1n) is 4.13. The molecule has 0 amide bonds. The van der Waals surface area contributed by atoms with Gasteiger partial charge in [0.15, 0.2) is 0 Å². The van der Waals surface area contributed by atoms with Crippen molar-refractivity contribution in [3.63, 3.8) is 0 Å². The Morgan fingerprint density at radius 3 is 2.53 bits per heavy atom. The molecule has 2 rings (SSSR count). The highest BCUT2D eigenvalue weighted by Crippen LogP contribution is 2.19. The summed E-state index contributed by atoms with van der Waals surface area (Å²) in [5, 5.41) is 7.73. The number of fused-ring (bicyclic) bond motifs is 1. The first-order chi connectivity index (χ1) is 7.20. The number of hydrazine groups is 1. The summed E-state index contributed by atoms with van der Waals surface area (Å²) in [4.78, 5) is 2.85. The number of nitrogens with one attached hydrogen (secondary N) is 2. The number of aromatic amines is 1. The van der Waals surface area contributed by atoms with Gasteiger partial charge in [0.25, 0.3) is 0 Å². The fourth-order valence-electron chi connectivity index (χ4n) is 1.35. The average Bonchev–Trinajstić information content (AvgIpc) is 2.70. The lowest BCUT2D eigenvalue weighted by Crippen LogP contribution is -2.11. The molecule has 15 heavy (non-hydrogen) atoms. The maximum atomic E-state index is 13.1. The summed E-state index contributed by atoms with van der Waals surface area (Å²) in [6.07, 6.45) is 1.63. The summed E-state index contributed by atoms with van der Waals surface area (Å²) >= 11 is 0. The van der Waals surface area contributed by atoms with Gasteiger partial charge in [0.05, 0.1) is 5.52 Å². The number of amidine groups is 1. The van der Waals surface area contributed by atoms with E-state index < -0.39 is 0 Å². The third-order valence-electron chi connectivity index (χ3n) is 1.96. The molecule has 1 aromatic carbocycles. The lowest BCUT2D eigenvalue weighted by atomic mass is 10.1. The maximum absolute atomic E-state index is 13.1. The van der Waals surface area contributed by atoms with Crippen molar-refractivity contribution in [2.75, 3.05) is 0 Å². The molecule has 0 unspecified atom stereocenters. The van der Waals surface area contributed by atoms with Gasteiger partial charge in [-0.25, -0.2) is 4.39 Å². The average molecular weight is 209 g/mol. The maximum Gasteiger partial charge on any atom is 0.132 e. The number of benzene rings is 1. The second-order valence-electron chi connectivity index (χ2n) is 2.77. The fourth-order valence-corrected chi connectivity index (χ4v) is 1.35. The second-order valence-corrected chi connectivity index (χ2v) is 2.77. The lowest BCUT2D eigenvalue weighted by molar-refractivity contribution is 0.640. The van der Waals surface area contributed by atoms with Crippen molar-refractivity contribution in [1.29, 1.82) is 5.41 Å². The standard InChI is InChI=1S/C9H8FN3.H4N2/c10-7-2-1-6(9(11)12)8-5(7)3-4-13-8;1-2/h1-4,13H,(H3,11,12);1-2H2. The highest BCUT2D eigenvalue weighted by molar-refractivity contribution is 6.06. The first kappa shape index (κ1) is 11.2. The van der Waals surface area contributed by atoms with Crippen LogP contribution >= 0.6 is 0 Å². The third-order valence-corrected chi connectivity index (χ3v) is 1.96. The highest BCUT2D eigenvalue weighted by atomic mass is 19.1. The molecule has 0 aliphatic heterocycles. The molecule has 1 heterocycles. The van der Waals surface area contributed by atoms with Gasteiger partial charge in [-0.2, -0.15) is 0 Å². The van der Waals surface area contributed by atoms with Gasteiger partial charge in [-0.05, 0) is 18.2 Å². The molecule has 0 saturated carbocycles. The molecule has 1 aromatic heterocycles. The van der Waals surface area contributed by atoms with Crippen LogP contribution in [-0.4, -0.2) is 10.8 Å². The summed E-state index contributed by atoms with van der Waals surface area (Å²) in [5.41, 5.74) is 6.44. The van der Waals surface area contributed by atoms with Gasteiger partial charge in [0, 0.05) is 17.1 Å². The van der Waals surface area contributed by atoms with E-state index in [1.807, 2.05) is 0 Å². The summed E-state index contributed by atoms with van der Waals surface area (Å²) in [6.45, 7) is 0. The third kappa shape index (κ3) is 1.95. The van der Waals surface area contributed by atoms with Crippen LogP contribution in [0.1, 0.15) is 5.56 Å². The predicted octanol–water partition coefficient (Wildman–Crippen LogP) is 0.410. The van der Waals surface area contributed by atoms with Crippen LogP contribution < -0.4 is 17.4 Å². The van der Waals surface area contributed by atoms with Crippen LogP contribution in [0.25, 0.3) is 10.9 Å². The summed E-state index contributed by atoms with van der Waals surface area (Å²) in [5.74, 6) is 7.63. The Bertz CT molecular complexity index is 476. The number of aromatic nitrogens is 1. The molecule has 8 N–H and O–H groups in total. The molecular weight excluding hydrogens is 197 g/mol. The quantitative estimate of drug-likeness (QED) is 0.202. The largest absolute Gasteiger partial charge is 0.384 e. The minimum Gasteiger partial charge on any atom is -0.384 e. The van der Waals surface area contributed by atoms with E-state index in [1.165, 1.54) is 12.1 Å². The van der Waals surface area contributed by atoms with Crippen molar-refractivity contribution >= 4 is 16.7 Å². The Labute approximate surface area is 85.5 Å². The van der Waals surface area contributed by atoms with Crippen molar-refractivity contribution in [2.45, 2.75) is 0 Å². The zero-order valence-corrected chi connectivity index (χ0v) is 7.92. The molecule has 0 saturated heterocycles. The summed E-state index contributed by atoms with van der Waals surface area (Å²) in [6, 6.07) is 4.43. The molecule has 0 radical (unpaired) electrons. The number of hydrogen-bond donors (Lipinski definition) is 5. The summed E-state index contributed by atoms with van der Waals surface area (Å²) in [7, 11) is 0. The summed E-state index contributed by atoms with van der Waals surface area (Å²) < 4.78 is 13.1. The van der Waals surface area contributed by atoms with Gasteiger partial charge in [-0.15, -0.1) is 0 Å². The van der Waals surface area contributed by atoms with E-state index in [0.29, 0.717) is 16.5 Å². The monoisotopic (exact) mass is 209 g/mol. The Kier molecular flexibility index (Phi) is 3.37. The Balaban J connectivity index is 0.000000531. The minimum absolute atomic E-state index is 0.0625. The molecule has 0 atom stereocenters. The molecule has 6 heteroatoms. The highest BCUT2D eigenvalue weighted by Gasteiger charge is 2.07. The van der Waals surface area contributed by atoms with E-state index in [1.54, 1.807) is 12.3 Å². The van der Waals surface area contributed by atoms with Crippen LogP contribution in [0.2, 0.25) is 0 Å². The van der Waals surface area contributed by atoms with Crippen molar-refractivity contribution < 1.29 is 4.39 Å². The molecule has 0 bridgehead atoms. The van der Waals surface area contributed by atoms with E-state index in [2.05, 4.69) is 16.7 Å². The zero-order valence-electron chi connectivity index (χ0n) is 7.92. The van der Waals surface area contributed by atoms with Crippen LogP contribution in [0.4, 0.5) is 4.39 Å². The van der Waals surface area contributed by atoms with Crippen molar-refractivity contribution in [3.05, 3.63) is 35.8 Å². The van der Waals surface area contributed by atoms with Crippen molar-refractivity contribution in [1.82, 2.24) is 4.98 Å². The topological polar surface area (TPSA) is 118 Å². The lowest BCUT2D eigenvalue weighted by Gasteiger charge is -2.00. The number of halogens is 1. The Hall–Kier alpha value is -1.92. The molecule has 0 aliphatic rings. The fraction of sp³-hybridized carbons (Fsp3) is 0. The van der Waals surface area contributed by atoms with Gasteiger partial charge in [-0.3, -0.25) is 17.1 Å².